The molecule has 2 amide bonds. The molecule has 3 fully saturated rings. The SMILES string of the molecule is CCNC(=O)[C@H]1O[C@@H](n2cnc3c(N)nc(CCCC4CCN(C(=O)OC5CCCC5)CC4)nc32)[C@@H](O)C1O. The monoisotopic (exact) mass is 545 g/mol. The zero-order chi connectivity index (χ0) is 27.5. The first-order valence-electron chi connectivity index (χ1n) is 14.1. The van der Waals surface area contributed by atoms with Crippen LogP contribution in [-0.4, -0.2) is 90.7 Å². The maximum absolute atomic E-state index is 12.4. The number of likely N-dealkylation sites (N-methyl/N-ethyl adjacent to an activating group) is 1. The summed E-state index contributed by atoms with van der Waals surface area (Å²) in [5.41, 5.74) is 6.91. The Balaban J connectivity index is 1.16. The van der Waals surface area contributed by atoms with E-state index in [-0.39, 0.29) is 18.0 Å². The highest BCUT2D eigenvalue weighted by molar-refractivity contribution is 5.83. The van der Waals surface area contributed by atoms with Crippen LogP contribution in [-0.2, 0) is 20.7 Å². The number of hydrogen-bond acceptors (Lipinski definition) is 10. The van der Waals surface area contributed by atoms with Gasteiger partial charge in [-0.1, -0.05) is 0 Å². The van der Waals surface area contributed by atoms with Crippen molar-refractivity contribution in [2.24, 2.45) is 5.92 Å². The third-order valence-electron chi connectivity index (χ3n) is 8.07. The molecule has 2 aliphatic heterocycles. The molecule has 0 aromatic carbocycles. The molecule has 4 atom stereocenters. The molecule has 5 rings (SSSR count). The Labute approximate surface area is 227 Å². The number of hydrogen-bond donors (Lipinski definition) is 4. The first-order chi connectivity index (χ1) is 18.9. The Kier molecular flexibility index (Phi) is 8.48. The minimum atomic E-state index is -1.39. The van der Waals surface area contributed by atoms with E-state index in [1.165, 1.54) is 10.9 Å². The van der Waals surface area contributed by atoms with Crippen LogP contribution in [0.25, 0.3) is 11.2 Å². The number of aryl methyl sites for hydroxylation is 1. The van der Waals surface area contributed by atoms with Gasteiger partial charge in [-0.3, -0.25) is 9.36 Å². The molecule has 0 radical (unpaired) electrons. The van der Waals surface area contributed by atoms with Gasteiger partial charge >= 0.3 is 6.09 Å². The zero-order valence-corrected chi connectivity index (χ0v) is 22.4. The smallest absolute Gasteiger partial charge is 0.410 e. The van der Waals surface area contributed by atoms with Crippen molar-refractivity contribution in [3.8, 4) is 0 Å². The lowest BCUT2D eigenvalue weighted by molar-refractivity contribution is -0.137. The van der Waals surface area contributed by atoms with E-state index in [2.05, 4.69) is 20.3 Å². The van der Waals surface area contributed by atoms with Gasteiger partial charge in [0.1, 0.15) is 29.7 Å². The summed E-state index contributed by atoms with van der Waals surface area (Å²) in [6, 6.07) is 0. The van der Waals surface area contributed by atoms with Crippen LogP contribution in [0.2, 0.25) is 0 Å². The summed E-state index contributed by atoms with van der Waals surface area (Å²) < 4.78 is 12.9. The lowest BCUT2D eigenvalue weighted by Gasteiger charge is -2.32. The topological polar surface area (TPSA) is 178 Å². The number of nitrogen functional groups attached to an aromatic ring is 1. The number of amides is 2. The van der Waals surface area contributed by atoms with E-state index < -0.39 is 30.4 Å². The Bertz CT molecular complexity index is 1160. The zero-order valence-electron chi connectivity index (χ0n) is 22.4. The highest BCUT2D eigenvalue weighted by Crippen LogP contribution is 2.32. The molecule has 5 N–H and O–H groups in total. The molecule has 214 valence electrons. The molecule has 13 heteroatoms. The van der Waals surface area contributed by atoms with Crippen molar-refractivity contribution in [1.29, 1.82) is 0 Å². The van der Waals surface area contributed by atoms with Crippen LogP contribution in [0.4, 0.5) is 10.6 Å². The second kappa shape index (κ2) is 12.0. The highest BCUT2D eigenvalue weighted by Gasteiger charge is 2.47. The Morgan fingerprint density at radius 1 is 1.15 bits per heavy atom. The van der Waals surface area contributed by atoms with Gasteiger partial charge in [0, 0.05) is 26.1 Å². The van der Waals surface area contributed by atoms with Crippen molar-refractivity contribution in [1.82, 2.24) is 29.7 Å². The number of nitrogens with one attached hydrogen (secondary N) is 1. The van der Waals surface area contributed by atoms with Crippen molar-refractivity contribution in [3.63, 3.8) is 0 Å². The lowest BCUT2D eigenvalue weighted by Crippen LogP contribution is -2.42. The van der Waals surface area contributed by atoms with Gasteiger partial charge in [-0.05, 0) is 64.2 Å². The molecule has 1 aliphatic carbocycles. The van der Waals surface area contributed by atoms with Gasteiger partial charge in [0.25, 0.3) is 5.91 Å². The summed E-state index contributed by atoms with van der Waals surface area (Å²) in [5, 5.41) is 23.6. The molecule has 1 saturated carbocycles. The second-order valence-corrected chi connectivity index (χ2v) is 10.8. The maximum Gasteiger partial charge on any atom is 0.410 e. The number of aliphatic hydroxyl groups excluding tert-OH is 2. The standard InChI is InChI=1S/C26H39N7O6/c1-2-28-24(36)21-19(34)20(35)25(39-21)33-14-29-18-22(27)30-17(31-23(18)33)9-5-6-15-10-12-32(13-11-15)26(37)38-16-7-3-4-8-16/h14-16,19-21,25,34-35H,2-13H2,1H3,(H,28,36)(H2,27,30,31)/t19?,20-,21-,25+/m0/s1. The van der Waals surface area contributed by atoms with Gasteiger partial charge in [0.15, 0.2) is 23.8 Å². The lowest BCUT2D eigenvalue weighted by atomic mass is 9.91. The predicted octanol–water partition coefficient (Wildman–Crippen LogP) is 1.28. The summed E-state index contributed by atoms with van der Waals surface area (Å²) in [6.07, 6.45) is 4.91. The summed E-state index contributed by atoms with van der Waals surface area (Å²) in [4.78, 5) is 39.8. The normalized spacial score (nSPS) is 26.4. The summed E-state index contributed by atoms with van der Waals surface area (Å²) >= 11 is 0. The molecule has 2 saturated heterocycles. The van der Waals surface area contributed by atoms with Gasteiger partial charge < -0.3 is 35.6 Å². The van der Waals surface area contributed by atoms with Crippen molar-refractivity contribution in [3.05, 3.63) is 12.2 Å². The molecule has 4 heterocycles. The summed E-state index contributed by atoms with van der Waals surface area (Å²) in [6.45, 7) is 3.57. The van der Waals surface area contributed by atoms with Crippen molar-refractivity contribution >= 4 is 29.0 Å². The van der Waals surface area contributed by atoms with Crippen LogP contribution in [0.3, 0.4) is 0 Å². The molecule has 2 aromatic heterocycles. The highest BCUT2D eigenvalue weighted by atomic mass is 16.6. The van der Waals surface area contributed by atoms with Gasteiger partial charge in [0.2, 0.25) is 0 Å². The van der Waals surface area contributed by atoms with E-state index in [0.717, 1.165) is 64.5 Å². The van der Waals surface area contributed by atoms with Crippen LogP contribution in [0.15, 0.2) is 6.33 Å². The third-order valence-corrected chi connectivity index (χ3v) is 8.07. The van der Waals surface area contributed by atoms with Crippen LogP contribution in [0.5, 0.6) is 0 Å². The Morgan fingerprint density at radius 3 is 2.62 bits per heavy atom. The average molecular weight is 546 g/mol. The van der Waals surface area contributed by atoms with E-state index in [9.17, 15) is 19.8 Å². The number of aromatic nitrogens is 4. The largest absolute Gasteiger partial charge is 0.446 e. The number of aliphatic hydroxyl groups is 2. The first kappa shape index (κ1) is 27.5. The molecule has 13 nitrogen and oxygen atoms in total. The van der Waals surface area contributed by atoms with E-state index in [4.69, 9.17) is 15.2 Å². The van der Waals surface area contributed by atoms with Crippen molar-refractivity contribution < 1.29 is 29.3 Å². The number of imidazole rings is 1. The number of carbonyl (C=O) groups excluding carboxylic acids is 2. The predicted molar refractivity (Wildman–Crippen MR) is 140 cm³/mol. The minimum absolute atomic E-state index is 0.0897. The molecular weight excluding hydrogens is 506 g/mol. The first-order valence-corrected chi connectivity index (χ1v) is 14.1. The van der Waals surface area contributed by atoms with Crippen LogP contribution in [0, 0.1) is 5.92 Å². The van der Waals surface area contributed by atoms with Crippen molar-refractivity contribution in [2.75, 3.05) is 25.4 Å². The van der Waals surface area contributed by atoms with Crippen molar-refractivity contribution in [2.45, 2.75) is 95.4 Å². The van der Waals surface area contributed by atoms with E-state index in [0.29, 0.717) is 35.9 Å². The average Bonchev–Trinajstić information content (AvgIpc) is 3.65. The fourth-order valence-electron chi connectivity index (χ4n) is 5.84. The van der Waals surface area contributed by atoms with Crippen LogP contribution in [0.1, 0.15) is 70.3 Å². The van der Waals surface area contributed by atoms with E-state index >= 15 is 0 Å². The molecule has 2 aromatic rings. The summed E-state index contributed by atoms with van der Waals surface area (Å²) in [5.74, 6) is 0.785. The quantitative estimate of drug-likeness (QED) is 0.378. The second-order valence-electron chi connectivity index (χ2n) is 10.8. The molecule has 3 aliphatic rings. The van der Waals surface area contributed by atoms with E-state index in [1.807, 2.05) is 4.90 Å². The fourth-order valence-corrected chi connectivity index (χ4v) is 5.84. The number of ether oxygens (including phenoxy) is 2. The Hall–Kier alpha value is -3.03. The van der Waals surface area contributed by atoms with E-state index in [1.54, 1.807) is 6.92 Å². The molecule has 39 heavy (non-hydrogen) atoms. The maximum atomic E-state index is 12.4. The summed E-state index contributed by atoms with van der Waals surface area (Å²) in [7, 11) is 0. The number of fused-ring (bicyclic) bond motifs is 1. The molecule has 0 bridgehead atoms. The van der Waals surface area contributed by atoms with Gasteiger partial charge in [0.05, 0.1) is 6.33 Å². The number of nitrogens with two attached hydrogens (primary N) is 1. The minimum Gasteiger partial charge on any atom is -0.446 e. The molecular formula is C26H39N7O6. The molecule has 0 spiro atoms. The fraction of sp³-hybridized carbons (Fsp3) is 0.731. The number of rotatable bonds is 8. The van der Waals surface area contributed by atoms with Gasteiger partial charge in [-0.2, -0.15) is 0 Å². The number of likely N-dealkylation sites (tertiary alicyclic amines) is 1. The van der Waals surface area contributed by atoms with Crippen LogP contribution < -0.4 is 11.1 Å². The molecule has 1 unspecified atom stereocenters. The number of carbonyl (C=O) groups is 2. The third kappa shape index (κ3) is 5.94. The van der Waals surface area contributed by atoms with Gasteiger partial charge in [-0.15, -0.1) is 0 Å². The Morgan fingerprint density at radius 2 is 1.90 bits per heavy atom. The van der Waals surface area contributed by atoms with Gasteiger partial charge in [-0.25, -0.2) is 19.7 Å². The number of nitrogens with zero attached hydrogens (tertiary/aromatic N) is 5. The van der Waals surface area contributed by atoms with Crippen LogP contribution >= 0.6 is 0 Å². The number of piperidine rings is 1. The number of anilines is 1.